The van der Waals surface area contributed by atoms with Crippen LogP contribution in [0.3, 0.4) is 0 Å². The number of carboxylic acid groups (broad SMARTS) is 1. The van der Waals surface area contributed by atoms with E-state index in [9.17, 15) is 23.1 Å². The Bertz CT molecular complexity index is 1850. The fourth-order valence-electron chi connectivity index (χ4n) is 5.02. The molecule has 2 aromatic carbocycles. The first kappa shape index (κ1) is 36.2. The maximum atomic E-state index is 13.3. The summed E-state index contributed by atoms with van der Waals surface area (Å²) in [5.41, 5.74) is 3.44. The monoisotopic (exact) mass is 669 g/mol. The maximum absolute atomic E-state index is 13.3. The third-order valence-electron chi connectivity index (χ3n) is 7.13. The Labute approximate surface area is 275 Å². The number of rotatable bonds is 12. The summed E-state index contributed by atoms with van der Waals surface area (Å²) in [5.74, 6) is -1.32. The highest BCUT2D eigenvalue weighted by molar-refractivity contribution is 7.92. The van der Waals surface area contributed by atoms with Gasteiger partial charge in [0.15, 0.2) is 0 Å². The molecule has 0 aliphatic heterocycles. The average molecular weight is 670 g/mol. The molecule has 4 aromatic rings. The molecule has 46 heavy (non-hydrogen) atoms. The zero-order valence-corrected chi connectivity index (χ0v) is 28.3. The van der Waals surface area contributed by atoms with Crippen molar-refractivity contribution in [2.45, 2.75) is 58.5 Å². The molecule has 3 N–H and O–H groups in total. The molecule has 0 amide bonds. The van der Waals surface area contributed by atoms with Crippen LogP contribution in [0.15, 0.2) is 76.6 Å². The van der Waals surface area contributed by atoms with Crippen LogP contribution in [0, 0.1) is 19.3 Å². The molecule has 0 radical (unpaired) electrons. The van der Waals surface area contributed by atoms with Crippen molar-refractivity contribution in [3.8, 4) is 17.1 Å². The van der Waals surface area contributed by atoms with E-state index in [1.807, 2.05) is 38.1 Å². The number of pyridine rings is 1. The number of benzene rings is 2. The van der Waals surface area contributed by atoms with Crippen LogP contribution >= 0.6 is 12.4 Å². The van der Waals surface area contributed by atoms with Crippen LogP contribution in [0.5, 0.6) is 5.88 Å². The van der Waals surface area contributed by atoms with Crippen molar-refractivity contribution in [2.24, 2.45) is 12.5 Å². The lowest BCUT2D eigenvalue weighted by molar-refractivity contribution is 0.0696. The van der Waals surface area contributed by atoms with Crippen molar-refractivity contribution in [1.82, 2.24) is 19.9 Å². The number of hydrogen-bond donors (Lipinski definition) is 3. The van der Waals surface area contributed by atoms with Gasteiger partial charge in [-0.2, -0.15) is 4.98 Å². The summed E-state index contributed by atoms with van der Waals surface area (Å²) in [5, 5.41) is 12.8. The van der Waals surface area contributed by atoms with Gasteiger partial charge in [-0.1, -0.05) is 51.1 Å². The quantitative estimate of drug-likeness (QED) is 0.181. The summed E-state index contributed by atoms with van der Waals surface area (Å²) >= 11 is 0. The molecule has 4 rings (SSSR count). The number of aromatic carboxylic acids is 1. The number of aryl methyl sites for hydroxylation is 3. The van der Waals surface area contributed by atoms with Gasteiger partial charge in [-0.15, -0.1) is 12.4 Å². The molecule has 0 bridgehead atoms. The van der Waals surface area contributed by atoms with Gasteiger partial charge in [-0.3, -0.25) is 4.79 Å². The summed E-state index contributed by atoms with van der Waals surface area (Å²) < 4.78 is 36.7. The first-order chi connectivity index (χ1) is 21.1. The van der Waals surface area contributed by atoms with Gasteiger partial charge >= 0.3 is 5.97 Å². The highest BCUT2D eigenvalue weighted by Crippen LogP contribution is 2.30. The van der Waals surface area contributed by atoms with Crippen LogP contribution in [0.25, 0.3) is 11.3 Å². The predicted octanol–water partition coefficient (Wildman–Crippen LogP) is 5.35. The largest absolute Gasteiger partial charge is 0.478 e. The lowest BCUT2D eigenvalue weighted by Crippen LogP contribution is -2.39. The number of aromatic nitrogens is 3. The summed E-state index contributed by atoms with van der Waals surface area (Å²) in [6, 6.07) is 15.9. The molecule has 0 aliphatic rings. The average Bonchev–Trinajstić information content (AvgIpc) is 2.95. The van der Waals surface area contributed by atoms with Gasteiger partial charge in [-0.05, 0) is 61.1 Å². The predicted molar refractivity (Wildman–Crippen MR) is 180 cm³/mol. The standard InChI is InChI=1S/C33H39N5O6S.ClH/c1-21-10-7-11-22(2)29(21)27-17-28(36-32(35-27)37-45(42,43)26-14-8-12-23(16-26)31(40)41)44-20-25(18-33(3,4)5)34-19-24-13-9-15-38(6)30(24)39;/h7-17,25,34H,18-20H2,1-6H3,(H,40,41)(H,35,36,37);1H/t25-;/m1./s1. The number of nitrogens with one attached hydrogen (secondary N) is 2. The van der Waals surface area contributed by atoms with Gasteiger partial charge in [0.25, 0.3) is 15.6 Å². The zero-order chi connectivity index (χ0) is 32.9. The number of halogens is 1. The van der Waals surface area contributed by atoms with Crippen LogP contribution in [0.1, 0.15) is 54.2 Å². The van der Waals surface area contributed by atoms with E-state index in [2.05, 4.69) is 40.8 Å². The Morgan fingerprint density at radius 2 is 1.70 bits per heavy atom. The molecule has 0 saturated carbocycles. The van der Waals surface area contributed by atoms with Crippen molar-refractivity contribution in [2.75, 3.05) is 11.3 Å². The summed E-state index contributed by atoms with van der Waals surface area (Å²) in [4.78, 5) is 32.7. The van der Waals surface area contributed by atoms with Crippen LogP contribution in [0.2, 0.25) is 0 Å². The number of ether oxygens (including phenoxy) is 1. The molecule has 13 heteroatoms. The van der Waals surface area contributed by atoms with Crippen LogP contribution in [-0.4, -0.2) is 46.7 Å². The molecule has 11 nitrogen and oxygen atoms in total. The van der Waals surface area contributed by atoms with Crippen molar-refractivity contribution in [3.63, 3.8) is 0 Å². The van der Waals surface area contributed by atoms with E-state index < -0.39 is 16.0 Å². The van der Waals surface area contributed by atoms with Crippen LogP contribution in [0.4, 0.5) is 5.95 Å². The lowest BCUT2D eigenvalue weighted by atomic mass is 9.88. The summed E-state index contributed by atoms with van der Waals surface area (Å²) in [6.45, 7) is 10.7. The first-order valence-corrected chi connectivity index (χ1v) is 15.9. The highest BCUT2D eigenvalue weighted by Gasteiger charge is 2.23. The number of hydrogen-bond acceptors (Lipinski definition) is 8. The summed E-state index contributed by atoms with van der Waals surface area (Å²) in [7, 11) is -2.54. The molecule has 2 heterocycles. The zero-order valence-electron chi connectivity index (χ0n) is 26.7. The van der Waals surface area contributed by atoms with Crippen molar-refractivity contribution < 1.29 is 23.1 Å². The fourth-order valence-corrected chi connectivity index (χ4v) is 6.01. The number of anilines is 1. The van der Waals surface area contributed by atoms with E-state index in [-0.39, 0.29) is 58.3 Å². The maximum Gasteiger partial charge on any atom is 0.335 e. The molecule has 0 fully saturated rings. The Morgan fingerprint density at radius 1 is 1.02 bits per heavy atom. The third kappa shape index (κ3) is 9.38. The first-order valence-electron chi connectivity index (χ1n) is 14.5. The normalized spacial score (nSPS) is 12.2. The van der Waals surface area contributed by atoms with Gasteiger partial charge in [-0.25, -0.2) is 22.9 Å². The SMILES string of the molecule is Cc1cccc(C)c1-c1cc(OC[C@@H](CC(C)(C)C)NCc2cccn(C)c2=O)nc(NS(=O)(=O)c2cccc(C(=O)O)c2)n1.Cl. The minimum absolute atomic E-state index is 0. The van der Waals surface area contributed by atoms with Gasteiger partial charge in [0, 0.05) is 43.0 Å². The Kier molecular flexibility index (Phi) is 11.7. The molecule has 2 aromatic heterocycles. The van der Waals surface area contributed by atoms with Crippen LogP contribution in [-0.2, 0) is 23.6 Å². The molecule has 0 unspecified atom stereocenters. The minimum Gasteiger partial charge on any atom is -0.478 e. The smallest absolute Gasteiger partial charge is 0.335 e. The Morgan fingerprint density at radius 3 is 2.35 bits per heavy atom. The highest BCUT2D eigenvalue weighted by atomic mass is 35.5. The van der Waals surface area contributed by atoms with E-state index in [1.54, 1.807) is 25.4 Å². The Hall–Kier alpha value is -4.26. The Balaban J connectivity index is 0.00000576. The second-order valence-electron chi connectivity index (χ2n) is 12.2. The van der Waals surface area contributed by atoms with Crippen molar-refractivity contribution in [1.29, 1.82) is 0 Å². The molecule has 1 atom stereocenters. The fraction of sp³-hybridized carbons (Fsp3) is 0.333. The number of nitrogens with zero attached hydrogens (tertiary/aromatic N) is 3. The molecule has 246 valence electrons. The third-order valence-corrected chi connectivity index (χ3v) is 8.46. The summed E-state index contributed by atoms with van der Waals surface area (Å²) in [6.07, 6.45) is 2.42. The minimum atomic E-state index is -4.25. The van der Waals surface area contributed by atoms with Gasteiger partial charge in [0.1, 0.15) is 6.61 Å². The number of carbonyl (C=O) groups is 1. The molecular weight excluding hydrogens is 630 g/mol. The van der Waals surface area contributed by atoms with E-state index in [0.29, 0.717) is 24.2 Å². The van der Waals surface area contributed by atoms with E-state index in [0.717, 1.165) is 22.8 Å². The second kappa shape index (κ2) is 14.9. The number of carboxylic acids is 1. The second-order valence-corrected chi connectivity index (χ2v) is 13.9. The van der Waals surface area contributed by atoms with E-state index in [1.165, 1.54) is 22.8 Å². The number of sulfonamides is 1. The topological polar surface area (TPSA) is 153 Å². The van der Waals surface area contributed by atoms with Gasteiger partial charge in [0.2, 0.25) is 11.8 Å². The molecule has 0 aliphatic carbocycles. The van der Waals surface area contributed by atoms with E-state index in [4.69, 9.17) is 4.74 Å². The van der Waals surface area contributed by atoms with Crippen molar-refractivity contribution >= 4 is 34.3 Å². The molecule has 0 spiro atoms. The van der Waals surface area contributed by atoms with Crippen molar-refractivity contribution in [3.05, 3.63) is 99.5 Å². The molecular formula is C33H40ClN5O6S. The lowest BCUT2D eigenvalue weighted by Gasteiger charge is -2.27. The van der Waals surface area contributed by atoms with Crippen LogP contribution < -0.4 is 20.3 Å². The van der Waals surface area contributed by atoms with E-state index >= 15 is 0 Å². The van der Waals surface area contributed by atoms with Gasteiger partial charge < -0.3 is 19.7 Å². The van der Waals surface area contributed by atoms with Gasteiger partial charge in [0.05, 0.1) is 16.2 Å². The molecule has 0 saturated heterocycles.